The zero-order valence-corrected chi connectivity index (χ0v) is 7.32. The van der Waals surface area contributed by atoms with Crippen LogP contribution in [0.3, 0.4) is 0 Å². The second-order valence-electron chi connectivity index (χ2n) is 2.89. The number of hydrogen-bond acceptors (Lipinski definition) is 2. The topological polar surface area (TPSA) is 40.5 Å². The van der Waals surface area contributed by atoms with Gasteiger partial charge in [0.1, 0.15) is 17.1 Å². The maximum absolute atomic E-state index is 12.1. The summed E-state index contributed by atoms with van der Waals surface area (Å²) < 4.78 is 72.6. The van der Waals surface area contributed by atoms with Gasteiger partial charge in [0.25, 0.3) is 0 Å². The minimum absolute atomic E-state index is 0.0947. The maximum Gasteiger partial charge on any atom is 0.423 e. The van der Waals surface area contributed by atoms with E-state index in [4.69, 9.17) is 10.2 Å². The third kappa shape index (κ3) is 2.31. The lowest BCUT2D eigenvalue weighted by Gasteiger charge is -2.14. The molecule has 0 heterocycles. The van der Waals surface area contributed by atoms with Crippen LogP contribution in [-0.2, 0) is 12.4 Å². The summed E-state index contributed by atoms with van der Waals surface area (Å²) in [6.45, 7) is 0. The Balaban J connectivity index is 3.41. The van der Waals surface area contributed by atoms with Crippen molar-refractivity contribution in [3.05, 3.63) is 23.3 Å². The Bertz CT molecular complexity index is 383. The van der Waals surface area contributed by atoms with E-state index in [0.717, 1.165) is 0 Å². The Morgan fingerprint density at radius 1 is 0.750 bits per heavy atom. The first kappa shape index (κ1) is 12.5. The molecule has 0 saturated carbocycles. The van der Waals surface area contributed by atoms with Crippen LogP contribution < -0.4 is 0 Å². The fourth-order valence-electron chi connectivity index (χ4n) is 1.07. The van der Waals surface area contributed by atoms with E-state index in [1.54, 1.807) is 0 Å². The van der Waals surface area contributed by atoms with E-state index in [-0.39, 0.29) is 12.1 Å². The zero-order valence-electron chi connectivity index (χ0n) is 7.32. The van der Waals surface area contributed by atoms with Crippen molar-refractivity contribution < 1.29 is 36.6 Å². The van der Waals surface area contributed by atoms with E-state index < -0.39 is 35.0 Å². The summed E-state index contributed by atoms with van der Waals surface area (Å²) in [6.07, 6.45) is -10.1. The van der Waals surface area contributed by atoms with E-state index in [0.29, 0.717) is 0 Å². The second kappa shape index (κ2) is 3.46. The summed E-state index contributed by atoms with van der Waals surface area (Å²) >= 11 is 0. The average Bonchev–Trinajstić information content (AvgIpc) is 1.97. The van der Waals surface area contributed by atoms with Gasteiger partial charge in [-0.1, -0.05) is 0 Å². The lowest BCUT2D eigenvalue weighted by atomic mass is 10.1. The molecule has 0 aromatic heterocycles. The quantitative estimate of drug-likeness (QED) is 0.690. The summed E-state index contributed by atoms with van der Waals surface area (Å²) in [6, 6.07) is -0.189. The van der Waals surface area contributed by atoms with Crippen molar-refractivity contribution in [2.75, 3.05) is 0 Å². The molecule has 0 saturated heterocycles. The van der Waals surface area contributed by atoms with Crippen molar-refractivity contribution >= 4 is 0 Å². The molecule has 0 unspecified atom stereocenters. The SMILES string of the molecule is Oc1cc(C(F)(F)F)cc(O)c1C(F)(F)F. The number of benzene rings is 1. The minimum atomic E-state index is -5.13. The minimum Gasteiger partial charge on any atom is -0.507 e. The number of alkyl halides is 6. The molecule has 1 aromatic rings. The summed E-state index contributed by atoms with van der Waals surface area (Å²) in [7, 11) is 0. The van der Waals surface area contributed by atoms with Crippen LogP contribution in [0.4, 0.5) is 26.3 Å². The summed E-state index contributed by atoms with van der Waals surface area (Å²) in [5.74, 6) is -3.33. The Kier molecular flexibility index (Phi) is 2.70. The molecule has 8 heteroatoms. The highest BCUT2D eigenvalue weighted by atomic mass is 19.4. The number of rotatable bonds is 0. The first-order valence-electron chi connectivity index (χ1n) is 3.74. The second-order valence-corrected chi connectivity index (χ2v) is 2.89. The molecule has 16 heavy (non-hydrogen) atoms. The van der Waals surface area contributed by atoms with Gasteiger partial charge in [-0.25, -0.2) is 0 Å². The van der Waals surface area contributed by atoms with Gasteiger partial charge in [-0.2, -0.15) is 26.3 Å². The molecular formula is C8H4F6O2. The molecule has 1 aromatic carbocycles. The molecule has 0 aliphatic carbocycles. The van der Waals surface area contributed by atoms with E-state index in [2.05, 4.69) is 0 Å². The Morgan fingerprint density at radius 3 is 1.38 bits per heavy atom. The number of phenols is 2. The molecule has 0 atom stereocenters. The Labute approximate surface area is 84.7 Å². The van der Waals surface area contributed by atoms with Crippen LogP contribution in [0.5, 0.6) is 11.5 Å². The van der Waals surface area contributed by atoms with Crippen LogP contribution in [-0.4, -0.2) is 10.2 Å². The number of halogens is 6. The fraction of sp³-hybridized carbons (Fsp3) is 0.250. The van der Waals surface area contributed by atoms with E-state index in [1.807, 2.05) is 0 Å². The molecular weight excluding hydrogens is 242 g/mol. The lowest BCUT2D eigenvalue weighted by molar-refractivity contribution is -0.143. The molecule has 0 aliphatic rings. The van der Waals surface area contributed by atoms with Gasteiger partial charge in [-0.15, -0.1) is 0 Å². The van der Waals surface area contributed by atoms with Gasteiger partial charge in [0.15, 0.2) is 0 Å². The Hall–Kier alpha value is -1.60. The molecule has 1 rings (SSSR count). The predicted molar refractivity (Wildman–Crippen MR) is 39.8 cm³/mol. The molecule has 0 aliphatic heterocycles. The summed E-state index contributed by atoms with van der Waals surface area (Å²) in [4.78, 5) is 0. The predicted octanol–water partition coefficient (Wildman–Crippen LogP) is 3.14. The largest absolute Gasteiger partial charge is 0.507 e. The van der Waals surface area contributed by atoms with E-state index >= 15 is 0 Å². The normalized spacial score (nSPS) is 12.9. The molecule has 2 nitrogen and oxygen atoms in total. The molecule has 0 fully saturated rings. The third-order valence-corrected chi connectivity index (χ3v) is 1.71. The molecule has 2 N–H and O–H groups in total. The van der Waals surface area contributed by atoms with Gasteiger partial charge < -0.3 is 10.2 Å². The maximum atomic E-state index is 12.1. The number of phenolic OH excluding ortho intramolecular Hbond substituents is 2. The Morgan fingerprint density at radius 2 is 1.12 bits per heavy atom. The van der Waals surface area contributed by atoms with Crippen molar-refractivity contribution in [1.29, 1.82) is 0 Å². The van der Waals surface area contributed by atoms with E-state index in [1.165, 1.54) is 0 Å². The van der Waals surface area contributed by atoms with Gasteiger partial charge in [-0.05, 0) is 12.1 Å². The van der Waals surface area contributed by atoms with Gasteiger partial charge in [0, 0.05) is 0 Å². The van der Waals surface area contributed by atoms with Crippen molar-refractivity contribution in [3.63, 3.8) is 0 Å². The van der Waals surface area contributed by atoms with Gasteiger partial charge in [0.2, 0.25) is 0 Å². The van der Waals surface area contributed by atoms with Crippen molar-refractivity contribution in [3.8, 4) is 11.5 Å². The molecule has 0 spiro atoms. The van der Waals surface area contributed by atoms with E-state index in [9.17, 15) is 26.3 Å². The first-order chi connectivity index (χ1) is 7.03. The zero-order chi connectivity index (χ0) is 12.7. The molecule has 0 bridgehead atoms. The highest BCUT2D eigenvalue weighted by Crippen LogP contribution is 2.44. The summed E-state index contributed by atoms with van der Waals surface area (Å²) in [5.41, 5.74) is -3.45. The molecule has 90 valence electrons. The smallest absolute Gasteiger partial charge is 0.423 e. The lowest BCUT2D eigenvalue weighted by Crippen LogP contribution is -2.09. The number of hydrogen-bond donors (Lipinski definition) is 2. The van der Waals surface area contributed by atoms with Crippen molar-refractivity contribution in [2.24, 2.45) is 0 Å². The van der Waals surface area contributed by atoms with Crippen LogP contribution in [0.1, 0.15) is 11.1 Å². The molecule has 0 radical (unpaired) electrons. The monoisotopic (exact) mass is 246 g/mol. The summed E-state index contributed by atoms with van der Waals surface area (Å²) in [5, 5.41) is 17.6. The van der Waals surface area contributed by atoms with Gasteiger partial charge in [-0.3, -0.25) is 0 Å². The van der Waals surface area contributed by atoms with Gasteiger partial charge in [0.05, 0.1) is 5.56 Å². The van der Waals surface area contributed by atoms with Gasteiger partial charge >= 0.3 is 12.4 Å². The number of aromatic hydroxyl groups is 2. The van der Waals surface area contributed by atoms with Crippen LogP contribution in [0.2, 0.25) is 0 Å². The first-order valence-corrected chi connectivity index (χ1v) is 3.74. The standard InChI is InChI=1S/C8H4F6O2/c9-7(10,11)3-1-4(15)6(5(16)2-3)8(12,13)14/h1-2,15-16H. The molecule has 0 amide bonds. The highest BCUT2D eigenvalue weighted by molar-refractivity contribution is 5.48. The van der Waals surface area contributed by atoms with Crippen molar-refractivity contribution in [2.45, 2.75) is 12.4 Å². The van der Waals surface area contributed by atoms with Crippen LogP contribution in [0.15, 0.2) is 12.1 Å². The van der Waals surface area contributed by atoms with Crippen LogP contribution in [0, 0.1) is 0 Å². The van der Waals surface area contributed by atoms with Crippen LogP contribution in [0.25, 0.3) is 0 Å². The van der Waals surface area contributed by atoms with Crippen LogP contribution >= 0.6 is 0 Å². The highest BCUT2D eigenvalue weighted by Gasteiger charge is 2.40. The van der Waals surface area contributed by atoms with Crippen molar-refractivity contribution in [1.82, 2.24) is 0 Å². The fourth-order valence-corrected chi connectivity index (χ4v) is 1.07. The average molecular weight is 246 g/mol. The third-order valence-electron chi connectivity index (χ3n) is 1.71.